The number of nitriles is 1. The Morgan fingerprint density at radius 1 is 1.26 bits per heavy atom. The molecule has 2 aliphatic rings. The van der Waals surface area contributed by atoms with Crippen molar-refractivity contribution >= 4 is 5.91 Å². The van der Waals surface area contributed by atoms with Crippen LogP contribution in [-0.2, 0) is 14.9 Å². The molecule has 1 aliphatic carbocycles. The second-order valence-electron chi connectivity index (χ2n) is 7.50. The van der Waals surface area contributed by atoms with Gasteiger partial charge < -0.3 is 10.1 Å². The number of benzene rings is 1. The van der Waals surface area contributed by atoms with Crippen LogP contribution in [-0.4, -0.2) is 25.7 Å². The van der Waals surface area contributed by atoms with E-state index in [0.717, 1.165) is 6.42 Å². The number of carbonyl (C=O) groups is 1. The molecule has 1 aromatic rings. The van der Waals surface area contributed by atoms with Gasteiger partial charge in [0.25, 0.3) is 0 Å². The number of amides is 1. The quantitative estimate of drug-likeness (QED) is 0.930. The molecule has 4 nitrogen and oxygen atoms in total. The Hall–Kier alpha value is -1.86. The second kappa shape index (κ2) is 5.65. The van der Waals surface area contributed by atoms with Crippen molar-refractivity contribution in [1.82, 2.24) is 5.32 Å². The fourth-order valence-corrected chi connectivity index (χ4v) is 3.87. The Kier molecular flexibility index (Phi) is 3.93. The average Bonchev–Trinajstić information content (AvgIpc) is 3.16. The van der Waals surface area contributed by atoms with Crippen molar-refractivity contribution in [2.45, 2.75) is 38.5 Å². The Morgan fingerprint density at radius 3 is 2.39 bits per heavy atom. The smallest absolute Gasteiger partial charge is 0.240 e. The van der Waals surface area contributed by atoms with Crippen LogP contribution in [0.1, 0.15) is 38.7 Å². The number of ether oxygens (including phenoxy) is 1. The summed E-state index contributed by atoms with van der Waals surface area (Å²) in [6.07, 6.45) is 2.01. The Morgan fingerprint density at radius 2 is 1.87 bits per heavy atom. The van der Waals surface area contributed by atoms with Gasteiger partial charge in [-0.15, -0.1) is 0 Å². The van der Waals surface area contributed by atoms with Gasteiger partial charge in [-0.1, -0.05) is 44.2 Å². The number of hydrogen-bond donors (Lipinski definition) is 1. The predicted molar refractivity (Wildman–Crippen MR) is 87.6 cm³/mol. The SMILES string of the molecule is CC1(C)CC1(CNC(=O)C1(C#N)CCOCC1)c1ccccc1. The number of hydrogen-bond acceptors (Lipinski definition) is 3. The van der Waals surface area contributed by atoms with Crippen LogP contribution >= 0.6 is 0 Å². The third-order valence-electron chi connectivity index (χ3n) is 5.79. The molecule has 2 fully saturated rings. The molecule has 0 spiro atoms. The summed E-state index contributed by atoms with van der Waals surface area (Å²) in [6, 6.07) is 12.6. The fourth-order valence-electron chi connectivity index (χ4n) is 3.87. The normalized spacial score (nSPS) is 27.7. The van der Waals surface area contributed by atoms with Crippen LogP contribution in [0.15, 0.2) is 30.3 Å². The predicted octanol–water partition coefficient (Wildman–Crippen LogP) is 2.79. The Bertz CT molecular complexity index is 627. The van der Waals surface area contributed by atoms with Gasteiger partial charge in [0.05, 0.1) is 6.07 Å². The van der Waals surface area contributed by atoms with Gasteiger partial charge in [0, 0.05) is 25.2 Å². The van der Waals surface area contributed by atoms with Gasteiger partial charge in [0.15, 0.2) is 0 Å². The monoisotopic (exact) mass is 312 g/mol. The molecule has 1 unspecified atom stereocenters. The highest BCUT2D eigenvalue weighted by molar-refractivity contribution is 5.85. The van der Waals surface area contributed by atoms with Crippen LogP contribution in [0.2, 0.25) is 0 Å². The molecule has 1 aliphatic heterocycles. The van der Waals surface area contributed by atoms with E-state index < -0.39 is 5.41 Å². The Labute approximate surface area is 137 Å². The Balaban J connectivity index is 1.74. The lowest BCUT2D eigenvalue weighted by molar-refractivity contribution is -0.132. The molecule has 1 saturated heterocycles. The van der Waals surface area contributed by atoms with Crippen molar-refractivity contribution in [1.29, 1.82) is 5.26 Å². The molecule has 122 valence electrons. The lowest BCUT2D eigenvalue weighted by atomic mass is 9.80. The number of nitrogens with one attached hydrogen (secondary N) is 1. The molecule has 0 radical (unpaired) electrons. The molecule has 0 bridgehead atoms. The highest BCUT2D eigenvalue weighted by atomic mass is 16.5. The highest BCUT2D eigenvalue weighted by Gasteiger charge is 2.62. The maximum absolute atomic E-state index is 12.7. The van der Waals surface area contributed by atoms with Crippen LogP contribution in [0.3, 0.4) is 0 Å². The second-order valence-corrected chi connectivity index (χ2v) is 7.50. The molecule has 1 heterocycles. The van der Waals surface area contributed by atoms with E-state index in [-0.39, 0.29) is 16.7 Å². The van der Waals surface area contributed by atoms with E-state index in [0.29, 0.717) is 32.6 Å². The van der Waals surface area contributed by atoms with Crippen LogP contribution in [0.4, 0.5) is 0 Å². The minimum atomic E-state index is -0.921. The molecular weight excluding hydrogens is 288 g/mol. The van der Waals surface area contributed by atoms with Crippen LogP contribution < -0.4 is 5.32 Å². The van der Waals surface area contributed by atoms with Gasteiger partial charge in [0.1, 0.15) is 5.41 Å². The molecule has 1 atom stereocenters. The molecule has 1 aromatic carbocycles. The number of carbonyl (C=O) groups excluding carboxylic acids is 1. The van der Waals surface area contributed by atoms with E-state index in [1.165, 1.54) is 5.56 Å². The van der Waals surface area contributed by atoms with Gasteiger partial charge in [0.2, 0.25) is 5.91 Å². The van der Waals surface area contributed by atoms with Crippen LogP contribution in [0.5, 0.6) is 0 Å². The summed E-state index contributed by atoms with van der Waals surface area (Å²) >= 11 is 0. The zero-order valence-corrected chi connectivity index (χ0v) is 13.9. The molecule has 0 aromatic heterocycles. The van der Waals surface area contributed by atoms with Gasteiger partial charge in [-0.2, -0.15) is 5.26 Å². The summed E-state index contributed by atoms with van der Waals surface area (Å²) in [6.45, 7) is 6.03. The van der Waals surface area contributed by atoms with Gasteiger partial charge in [-0.3, -0.25) is 4.79 Å². The summed E-state index contributed by atoms with van der Waals surface area (Å²) in [7, 11) is 0. The first-order chi connectivity index (χ1) is 11.0. The number of rotatable bonds is 4. The summed E-state index contributed by atoms with van der Waals surface area (Å²) in [5, 5.41) is 12.6. The minimum absolute atomic E-state index is 0.0221. The van der Waals surface area contributed by atoms with E-state index in [2.05, 4.69) is 37.4 Å². The largest absolute Gasteiger partial charge is 0.381 e. The molecule has 23 heavy (non-hydrogen) atoms. The van der Waals surface area contributed by atoms with Gasteiger partial charge >= 0.3 is 0 Å². The molecule has 4 heteroatoms. The molecule has 1 saturated carbocycles. The summed E-state index contributed by atoms with van der Waals surface area (Å²) in [5.41, 5.74) is 0.487. The van der Waals surface area contributed by atoms with Crippen molar-refractivity contribution in [2.24, 2.45) is 10.8 Å². The first kappa shape index (κ1) is 16.0. The minimum Gasteiger partial charge on any atom is -0.381 e. The van der Waals surface area contributed by atoms with Crippen molar-refractivity contribution in [2.75, 3.05) is 19.8 Å². The average molecular weight is 312 g/mol. The van der Waals surface area contributed by atoms with Gasteiger partial charge in [-0.05, 0) is 30.2 Å². The van der Waals surface area contributed by atoms with Crippen molar-refractivity contribution in [3.8, 4) is 6.07 Å². The van der Waals surface area contributed by atoms with Crippen molar-refractivity contribution in [3.63, 3.8) is 0 Å². The first-order valence-corrected chi connectivity index (χ1v) is 8.29. The van der Waals surface area contributed by atoms with Crippen LogP contribution in [0.25, 0.3) is 0 Å². The van der Waals surface area contributed by atoms with E-state index in [1.54, 1.807) is 0 Å². The fraction of sp³-hybridized carbons (Fsp3) is 0.579. The van der Waals surface area contributed by atoms with E-state index in [1.807, 2.05) is 18.2 Å². The van der Waals surface area contributed by atoms with Crippen molar-refractivity contribution in [3.05, 3.63) is 35.9 Å². The molecular formula is C19H24N2O2. The maximum Gasteiger partial charge on any atom is 0.240 e. The third kappa shape index (κ3) is 2.64. The van der Waals surface area contributed by atoms with E-state index in [4.69, 9.17) is 4.74 Å². The van der Waals surface area contributed by atoms with Crippen molar-refractivity contribution < 1.29 is 9.53 Å². The maximum atomic E-state index is 12.7. The zero-order valence-electron chi connectivity index (χ0n) is 13.9. The summed E-state index contributed by atoms with van der Waals surface area (Å²) < 4.78 is 5.31. The lowest BCUT2D eigenvalue weighted by Gasteiger charge is -2.30. The molecule has 1 amide bonds. The summed E-state index contributed by atoms with van der Waals surface area (Å²) in [5.74, 6) is -0.138. The lowest BCUT2D eigenvalue weighted by Crippen LogP contribution is -2.46. The number of nitrogens with zero attached hydrogens (tertiary/aromatic N) is 1. The molecule has 1 N–H and O–H groups in total. The highest BCUT2D eigenvalue weighted by Crippen LogP contribution is 2.63. The van der Waals surface area contributed by atoms with E-state index >= 15 is 0 Å². The first-order valence-electron chi connectivity index (χ1n) is 8.29. The van der Waals surface area contributed by atoms with E-state index in [9.17, 15) is 10.1 Å². The molecule has 3 rings (SSSR count). The topological polar surface area (TPSA) is 62.1 Å². The van der Waals surface area contributed by atoms with Gasteiger partial charge in [-0.25, -0.2) is 0 Å². The summed E-state index contributed by atoms with van der Waals surface area (Å²) in [4.78, 5) is 12.7. The standard InChI is InChI=1S/C19H24N2O2/c1-17(2)12-19(17,15-6-4-3-5-7-15)14-21-16(22)18(13-20)8-10-23-11-9-18/h3-7H,8-12,14H2,1-2H3,(H,21,22). The van der Waals surface area contributed by atoms with Crippen LogP contribution in [0, 0.1) is 22.2 Å². The zero-order chi connectivity index (χ0) is 16.6. The third-order valence-corrected chi connectivity index (χ3v) is 5.79.